The van der Waals surface area contributed by atoms with Gasteiger partial charge in [-0.3, -0.25) is 19.2 Å². The third-order valence-corrected chi connectivity index (χ3v) is 7.86. The Kier molecular flexibility index (Phi) is 5.09. The van der Waals surface area contributed by atoms with Crippen molar-refractivity contribution < 1.29 is 19.1 Å². The van der Waals surface area contributed by atoms with Crippen LogP contribution in [0.4, 0.5) is 5.69 Å². The van der Waals surface area contributed by atoms with Crippen molar-refractivity contribution in [1.82, 2.24) is 15.1 Å². The lowest BCUT2D eigenvalue weighted by Gasteiger charge is -2.44. The fourth-order valence-electron chi connectivity index (χ4n) is 5.14. The summed E-state index contributed by atoms with van der Waals surface area (Å²) in [6.45, 7) is 2.22. The minimum atomic E-state index is -1.16. The topological polar surface area (TPSA) is 85.7 Å². The molecule has 4 heterocycles. The van der Waals surface area contributed by atoms with E-state index in [-0.39, 0.29) is 31.2 Å². The summed E-state index contributed by atoms with van der Waals surface area (Å²) in [5.41, 5.74) is 0.638. The highest BCUT2D eigenvalue weighted by Gasteiger charge is 2.49. The normalized spacial score (nSPS) is 22.0. The molecule has 1 aromatic carbocycles. The molecular formula is C25H26N4O4S. The van der Waals surface area contributed by atoms with Gasteiger partial charge in [0, 0.05) is 17.8 Å². The molecule has 1 saturated carbocycles. The monoisotopic (exact) mass is 478 g/mol. The summed E-state index contributed by atoms with van der Waals surface area (Å²) >= 11 is 1.57. The molecule has 0 bridgehead atoms. The van der Waals surface area contributed by atoms with Crippen LogP contribution in [0.25, 0.3) is 10.6 Å². The minimum Gasteiger partial charge on any atom is -0.454 e. The number of aromatic nitrogens is 2. The Bertz CT molecular complexity index is 1250. The number of hydrogen-bond acceptors (Lipinski definition) is 6. The second kappa shape index (κ2) is 8.16. The van der Waals surface area contributed by atoms with Crippen LogP contribution in [0.15, 0.2) is 41.8 Å². The van der Waals surface area contributed by atoms with Crippen molar-refractivity contribution in [2.24, 2.45) is 0 Å². The number of fused-ring (bicyclic) bond motifs is 2. The van der Waals surface area contributed by atoms with Gasteiger partial charge in [0.15, 0.2) is 11.5 Å². The van der Waals surface area contributed by atoms with Crippen molar-refractivity contribution in [3.63, 3.8) is 0 Å². The van der Waals surface area contributed by atoms with Gasteiger partial charge < -0.3 is 14.8 Å². The largest absolute Gasteiger partial charge is 0.454 e. The maximum Gasteiger partial charge on any atom is 0.277 e. The maximum absolute atomic E-state index is 13.9. The Labute approximate surface area is 201 Å². The molecule has 0 spiro atoms. The van der Waals surface area contributed by atoms with Gasteiger partial charge in [0.05, 0.1) is 11.4 Å². The predicted molar refractivity (Wildman–Crippen MR) is 128 cm³/mol. The van der Waals surface area contributed by atoms with Gasteiger partial charge in [0.1, 0.15) is 16.9 Å². The first kappa shape index (κ1) is 21.2. The molecule has 1 fully saturated rings. The number of carbonyl (C=O) groups is 2. The van der Waals surface area contributed by atoms with Gasteiger partial charge in [0.2, 0.25) is 12.7 Å². The summed E-state index contributed by atoms with van der Waals surface area (Å²) in [6.07, 6.45) is 5.36. The fourth-order valence-corrected chi connectivity index (χ4v) is 5.82. The molecule has 3 aliphatic rings. The third-order valence-electron chi connectivity index (χ3n) is 6.97. The number of amides is 2. The minimum absolute atomic E-state index is 0.132. The molecule has 2 amide bonds. The van der Waals surface area contributed by atoms with E-state index in [2.05, 4.69) is 5.32 Å². The van der Waals surface area contributed by atoms with Crippen LogP contribution in [0.2, 0.25) is 0 Å². The first-order valence-corrected chi connectivity index (χ1v) is 12.6. The summed E-state index contributed by atoms with van der Waals surface area (Å²) < 4.78 is 12.7. The second-order valence-electron chi connectivity index (χ2n) is 9.31. The Hall–Kier alpha value is -3.33. The first-order chi connectivity index (χ1) is 16.5. The SMILES string of the molecule is CC1(C(=O)NC2CCCCC2)Cn2nc(-c3cccs3)cc2C(=O)N1c1ccc2c(c1)OCO2. The van der Waals surface area contributed by atoms with E-state index >= 15 is 0 Å². The van der Waals surface area contributed by atoms with Crippen LogP contribution in [0.1, 0.15) is 49.5 Å². The second-order valence-corrected chi connectivity index (χ2v) is 10.3. The van der Waals surface area contributed by atoms with E-state index < -0.39 is 5.54 Å². The molecule has 8 nitrogen and oxygen atoms in total. The molecule has 176 valence electrons. The number of anilines is 1. The van der Waals surface area contributed by atoms with E-state index in [0.29, 0.717) is 22.9 Å². The average Bonchev–Trinajstić information content (AvgIpc) is 3.59. The first-order valence-electron chi connectivity index (χ1n) is 11.7. The van der Waals surface area contributed by atoms with Crippen molar-refractivity contribution >= 4 is 28.8 Å². The van der Waals surface area contributed by atoms with Crippen molar-refractivity contribution in [3.8, 4) is 22.1 Å². The molecule has 2 aliphatic heterocycles. The van der Waals surface area contributed by atoms with Crippen LogP contribution >= 0.6 is 11.3 Å². The highest BCUT2D eigenvalue weighted by molar-refractivity contribution is 7.13. The zero-order valence-electron chi connectivity index (χ0n) is 19.0. The zero-order chi connectivity index (χ0) is 23.3. The van der Waals surface area contributed by atoms with Gasteiger partial charge in [0.25, 0.3) is 5.91 Å². The Morgan fingerprint density at radius 3 is 2.76 bits per heavy atom. The molecule has 9 heteroatoms. The number of benzene rings is 1. The fraction of sp³-hybridized carbons (Fsp3) is 0.400. The lowest BCUT2D eigenvalue weighted by molar-refractivity contribution is -0.127. The number of thiophene rings is 1. The summed E-state index contributed by atoms with van der Waals surface area (Å²) in [5.74, 6) is 0.774. The Balaban J connectivity index is 1.42. The van der Waals surface area contributed by atoms with Crippen molar-refractivity contribution in [2.75, 3.05) is 11.7 Å². The van der Waals surface area contributed by atoms with E-state index in [1.54, 1.807) is 33.1 Å². The van der Waals surface area contributed by atoms with Crippen LogP contribution in [-0.4, -0.2) is 40.0 Å². The highest BCUT2D eigenvalue weighted by Crippen LogP contribution is 2.40. The summed E-state index contributed by atoms with van der Waals surface area (Å²) in [6, 6.07) is 11.3. The molecule has 0 saturated heterocycles. The van der Waals surface area contributed by atoms with Gasteiger partial charge >= 0.3 is 0 Å². The van der Waals surface area contributed by atoms with Gasteiger partial charge in [-0.05, 0) is 49.4 Å². The van der Waals surface area contributed by atoms with Crippen molar-refractivity contribution in [1.29, 1.82) is 0 Å². The van der Waals surface area contributed by atoms with E-state index in [0.717, 1.165) is 36.3 Å². The molecule has 34 heavy (non-hydrogen) atoms. The van der Waals surface area contributed by atoms with Gasteiger partial charge in [-0.15, -0.1) is 11.3 Å². The van der Waals surface area contributed by atoms with E-state index in [9.17, 15) is 9.59 Å². The smallest absolute Gasteiger partial charge is 0.277 e. The molecule has 2 aromatic heterocycles. The predicted octanol–water partition coefficient (Wildman–Crippen LogP) is 4.21. The quantitative estimate of drug-likeness (QED) is 0.607. The van der Waals surface area contributed by atoms with E-state index in [4.69, 9.17) is 14.6 Å². The lowest BCUT2D eigenvalue weighted by Crippen LogP contribution is -2.65. The summed E-state index contributed by atoms with van der Waals surface area (Å²) in [7, 11) is 0. The van der Waals surface area contributed by atoms with Crippen molar-refractivity contribution in [2.45, 2.75) is 57.2 Å². The maximum atomic E-state index is 13.9. The van der Waals surface area contributed by atoms with Crippen LogP contribution in [0.3, 0.4) is 0 Å². The molecule has 0 radical (unpaired) electrons. The molecule has 1 N–H and O–H groups in total. The molecule has 1 unspecified atom stereocenters. The Morgan fingerprint density at radius 2 is 1.97 bits per heavy atom. The molecule has 3 aromatic rings. The van der Waals surface area contributed by atoms with Crippen LogP contribution in [0, 0.1) is 0 Å². The van der Waals surface area contributed by atoms with Crippen molar-refractivity contribution in [3.05, 3.63) is 47.5 Å². The number of hydrogen-bond donors (Lipinski definition) is 1. The number of nitrogens with zero attached hydrogens (tertiary/aromatic N) is 3. The van der Waals surface area contributed by atoms with Crippen LogP contribution in [-0.2, 0) is 11.3 Å². The molecule has 6 rings (SSSR count). The molecular weight excluding hydrogens is 452 g/mol. The summed E-state index contributed by atoms with van der Waals surface area (Å²) in [5, 5.41) is 9.93. The number of nitrogens with one attached hydrogen (secondary N) is 1. The standard InChI is InChI=1S/C25H26N4O4S/c1-25(24(31)26-16-6-3-2-4-7-16)14-28-19(13-18(27-28)22-8-5-11-34-22)23(30)29(25)17-9-10-20-21(12-17)33-15-32-20/h5,8-13,16H,2-4,6-7,14-15H2,1H3,(H,26,31). The lowest BCUT2D eigenvalue weighted by atomic mass is 9.91. The number of ether oxygens (including phenoxy) is 2. The summed E-state index contributed by atoms with van der Waals surface area (Å²) in [4.78, 5) is 30.3. The average molecular weight is 479 g/mol. The van der Waals surface area contributed by atoms with Crippen LogP contribution in [0.5, 0.6) is 11.5 Å². The van der Waals surface area contributed by atoms with E-state index in [1.165, 1.54) is 6.42 Å². The number of rotatable bonds is 4. The van der Waals surface area contributed by atoms with Gasteiger partial charge in [-0.2, -0.15) is 5.10 Å². The van der Waals surface area contributed by atoms with Crippen LogP contribution < -0.4 is 19.7 Å². The Morgan fingerprint density at radius 1 is 1.15 bits per heavy atom. The van der Waals surface area contributed by atoms with Gasteiger partial charge in [-0.25, -0.2) is 0 Å². The van der Waals surface area contributed by atoms with Gasteiger partial charge in [-0.1, -0.05) is 25.3 Å². The highest BCUT2D eigenvalue weighted by atomic mass is 32.1. The van der Waals surface area contributed by atoms with E-state index in [1.807, 2.05) is 36.6 Å². The molecule has 1 aliphatic carbocycles. The number of carbonyl (C=O) groups excluding carboxylic acids is 2. The third kappa shape index (κ3) is 3.46. The molecule has 1 atom stereocenters. The zero-order valence-corrected chi connectivity index (χ0v) is 19.8.